The highest BCUT2D eigenvalue weighted by Gasteiger charge is 2.09. The molecular weight excluding hydrogens is 356 g/mol. The summed E-state index contributed by atoms with van der Waals surface area (Å²) in [6.07, 6.45) is 0.0570. The lowest BCUT2D eigenvalue weighted by Gasteiger charge is -2.11. The molecule has 3 aromatic rings. The van der Waals surface area contributed by atoms with Gasteiger partial charge >= 0.3 is 0 Å². The molecule has 0 atom stereocenters. The van der Waals surface area contributed by atoms with Gasteiger partial charge in [-0.2, -0.15) is 0 Å². The second kappa shape index (κ2) is 8.90. The summed E-state index contributed by atoms with van der Waals surface area (Å²) in [4.78, 5) is 24.0. The van der Waals surface area contributed by atoms with Crippen molar-refractivity contribution < 1.29 is 19.1 Å². The van der Waals surface area contributed by atoms with Crippen molar-refractivity contribution >= 4 is 22.6 Å². The Morgan fingerprint density at radius 3 is 2.25 bits per heavy atom. The highest BCUT2D eigenvalue weighted by Crippen LogP contribution is 2.20. The molecule has 0 fully saturated rings. The van der Waals surface area contributed by atoms with Crippen molar-refractivity contribution in [1.82, 2.24) is 10.9 Å². The van der Waals surface area contributed by atoms with Crippen molar-refractivity contribution in [2.45, 2.75) is 20.0 Å². The van der Waals surface area contributed by atoms with Gasteiger partial charge in [-0.15, -0.1) is 0 Å². The van der Waals surface area contributed by atoms with Gasteiger partial charge in [0, 0.05) is 5.56 Å². The van der Waals surface area contributed by atoms with E-state index in [1.165, 1.54) is 0 Å². The number of carbonyl (C=O) groups excluding carboxylic acids is 2. The van der Waals surface area contributed by atoms with Crippen LogP contribution in [0.5, 0.6) is 11.5 Å². The minimum Gasteiger partial charge on any atom is -0.491 e. The molecule has 0 unspecified atom stereocenters. The summed E-state index contributed by atoms with van der Waals surface area (Å²) in [6.45, 7) is 3.64. The Labute approximate surface area is 163 Å². The zero-order valence-electron chi connectivity index (χ0n) is 15.8. The van der Waals surface area contributed by atoms with Crippen LogP contribution in [-0.2, 0) is 4.79 Å². The maximum atomic E-state index is 12.1. The van der Waals surface area contributed by atoms with Crippen molar-refractivity contribution in [3.63, 3.8) is 0 Å². The van der Waals surface area contributed by atoms with Crippen LogP contribution in [0.4, 0.5) is 0 Å². The molecule has 0 saturated heterocycles. The second-order valence-corrected chi connectivity index (χ2v) is 6.49. The Hall–Kier alpha value is -3.54. The summed E-state index contributed by atoms with van der Waals surface area (Å²) in [5, 5.41) is 2.12. The third-order valence-electron chi connectivity index (χ3n) is 3.89. The zero-order chi connectivity index (χ0) is 19.9. The van der Waals surface area contributed by atoms with Gasteiger partial charge in [0.2, 0.25) is 0 Å². The van der Waals surface area contributed by atoms with Crippen molar-refractivity contribution in [3.05, 3.63) is 72.3 Å². The molecule has 6 heteroatoms. The molecular formula is C22H22N2O4. The van der Waals surface area contributed by atoms with E-state index in [4.69, 9.17) is 9.47 Å². The van der Waals surface area contributed by atoms with E-state index in [9.17, 15) is 9.59 Å². The van der Waals surface area contributed by atoms with Crippen LogP contribution in [0.1, 0.15) is 24.2 Å². The predicted octanol–water partition coefficient (Wildman–Crippen LogP) is 3.47. The van der Waals surface area contributed by atoms with Crippen LogP contribution in [0.2, 0.25) is 0 Å². The van der Waals surface area contributed by atoms with Gasteiger partial charge in [0.25, 0.3) is 11.8 Å². The minimum atomic E-state index is -0.457. The SMILES string of the molecule is CC(C)Oc1ccc(C(=O)NNC(=O)COc2ccc3ccccc3c2)cc1. The number of carbonyl (C=O) groups is 2. The van der Waals surface area contributed by atoms with E-state index in [1.807, 2.05) is 50.2 Å². The molecule has 0 heterocycles. The molecule has 0 radical (unpaired) electrons. The molecule has 0 spiro atoms. The Bertz CT molecular complexity index is 968. The molecule has 0 aromatic heterocycles. The maximum absolute atomic E-state index is 12.1. The van der Waals surface area contributed by atoms with E-state index in [0.29, 0.717) is 17.1 Å². The average Bonchev–Trinajstić information content (AvgIpc) is 2.70. The molecule has 28 heavy (non-hydrogen) atoms. The van der Waals surface area contributed by atoms with Gasteiger partial charge in [0.05, 0.1) is 6.10 Å². The van der Waals surface area contributed by atoms with Gasteiger partial charge in [-0.1, -0.05) is 30.3 Å². The van der Waals surface area contributed by atoms with E-state index in [1.54, 1.807) is 30.3 Å². The van der Waals surface area contributed by atoms with Crippen molar-refractivity contribution in [3.8, 4) is 11.5 Å². The fourth-order valence-electron chi connectivity index (χ4n) is 2.60. The third kappa shape index (κ3) is 5.23. The van der Waals surface area contributed by atoms with E-state index in [0.717, 1.165) is 10.8 Å². The largest absolute Gasteiger partial charge is 0.491 e. The number of amides is 2. The number of fused-ring (bicyclic) bond motifs is 1. The molecule has 0 aliphatic carbocycles. The normalized spacial score (nSPS) is 10.5. The Kier molecular flexibility index (Phi) is 6.11. The number of hydrogen-bond acceptors (Lipinski definition) is 4. The van der Waals surface area contributed by atoms with E-state index < -0.39 is 11.8 Å². The van der Waals surface area contributed by atoms with Gasteiger partial charge in [-0.25, -0.2) is 0 Å². The molecule has 0 saturated carbocycles. The summed E-state index contributed by atoms with van der Waals surface area (Å²) in [6, 6.07) is 20.1. The fraction of sp³-hybridized carbons (Fsp3) is 0.182. The number of nitrogens with one attached hydrogen (secondary N) is 2. The smallest absolute Gasteiger partial charge is 0.276 e. The number of ether oxygens (including phenoxy) is 2. The van der Waals surface area contributed by atoms with Crippen molar-refractivity contribution in [2.24, 2.45) is 0 Å². The summed E-state index contributed by atoms with van der Waals surface area (Å²) in [5.74, 6) is 0.386. The Morgan fingerprint density at radius 2 is 1.54 bits per heavy atom. The first-order valence-electron chi connectivity index (χ1n) is 8.99. The summed E-state index contributed by atoms with van der Waals surface area (Å²) in [5.41, 5.74) is 5.12. The van der Waals surface area contributed by atoms with Crippen LogP contribution in [0.25, 0.3) is 10.8 Å². The zero-order valence-corrected chi connectivity index (χ0v) is 15.8. The highest BCUT2D eigenvalue weighted by atomic mass is 16.5. The first-order valence-corrected chi connectivity index (χ1v) is 8.99. The summed E-state index contributed by atoms with van der Waals surface area (Å²) in [7, 11) is 0. The van der Waals surface area contributed by atoms with E-state index in [-0.39, 0.29) is 12.7 Å². The van der Waals surface area contributed by atoms with E-state index in [2.05, 4.69) is 10.9 Å². The molecule has 3 rings (SSSR count). The first kappa shape index (κ1) is 19.2. The van der Waals surface area contributed by atoms with Gasteiger partial charge in [-0.3, -0.25) is 20.4 Å². The predicted molar refractivity (Wildman–Crippen MR) is 107 cm³/mol. The number of rotatable bonds is 6. The average molecular weight is 378 g/mol. The second-order valence-electron chi connectivity index (χ2n) is 6.49. The molecule has 3 aromatic carbocycles. The molecule has 0 aliphatic heterocycles. The maximum Gasteiger partial charge on any atom is 0.276 e. The van der Waals surface area contributed by atoms with Crippen LogP contribution in [0.3, 0.4) is 0 Å². The van der Waals surface area contributed by atoms with Crippen molar-refractivity contribution in [2.75, 3.05) is 6.61 Å². The Balaban J connectivity index is 1.47. The quantitative estimate of drug-likeness (QED) is 0.644. The standard InChI is InChI=1S/C22H22N2O4/c1-15(2)28-19-10-8-17(9-11-19)22(26)24-23-21(25)14-27-20-12-7-16-5-3-4-6-18(16)13-20/h3-13,15H,14H2,1-2H3,(H,23,25)(H,24,26). The van der Waals surface area contributed by atoms with Crippen LogP contribution in [-0.4, -0.2) is 24.5 Å². The monoisotopic (exact) mass is 378 g/mol. The topological polar surface area (TPSA) is 76.7 Å². The highest BCUT2D eigenvalue weighted by molar-refractivity contribution is 5.95. The molecule has 0 bridgehead atoms. The number of benzene rings is 3. The third-order valence-corrected chi connectivity index (χ3v) is 3.89. The van der Waals surface area contributed by atoms with E-state index >= 15 is 0 Å². The van der Waals surface area contributed by atoms with Gasteiger partial charge in [0.1, 0.15) is 11.5 Å². The lowest BCUT2D eigenvalue weighted by Crippen LogP contribution is -2.43. The lowest BCUT2D eigenvalue weighted by molar-refractivity contribution is -0.123. The molecule has 2 N–H and O–H groups in total. The fourth-order valence-corrected chi connectivity index (χ4v) is 2.60. The van der Waals surface area contributed by atoms with Crippen LogP contribution < -0.4 is 20.3 Å². The summed E-state index contributed by atoms with van der Waals surface area (Å²) >= 11 is 0. The van der Waals surface area contributed by atoms with Crippen molar-refractivity contribution in [1.29, 1.82) is 0 Å². The van der Waals surface area contributed by atoms with Crippen LogP contribution >= 0.6 is 0 Å². The number of hydrogen-bond donors (Lipinski definition) is 2. The summed E-state index contributed by atoms with van der Waals surface area (Å²) < 4.78 is 11.0. The first-order chi connectivity index (χ1) is 13.5. The molecule has 0 aliphatic rings. The van der Waals surface area contributed by atoms with Gasteiger partial charge < -0.3 is 9.47 Å². The number of hydrazine groups is 1. The van der Waals surface area contributed by atoms with Crippen LogP contribution in [0, 0.1) is 0 Å². The lowest BCUT2D eigenvalue weighted by atomic mass is 10.1. The van der Waals surface area contributed by atoms with Crippen LogP contribution in [0.15, 0.2) is 66.7 Å². The molecule has 2 amide bonds. The molecule has 6 nitrogen and oxygen atoms in total. The Morgan fingerprint density at radius 1 is 0.857 bits per heavy atom. The minimum absolute atomic E-state index is 0.0570. The van der Waals surface area contributed by atoms with Gasteiger partial charge in [-0.05, 0) is 61.0 Å². The van der Waals surface area contributed by atoms with Gasteiger partial charge in [0.15, 0.2) is 6.61 Å². The molecule has 144 valence electrons.